The van der Waals surface area contributed by atoms with E-state index in [1.807, 2.05) is 0 Å². The molecule has 1 aromatic carbocycles. The van der Waals surface area contributed by atoms with Gasteiger partial charge in [-0.15, -0.1) is 0 Å². The number of hydrogen-bond acceptors (Lipinski definition) is 6. The van der Waals surface area contributed by atoms with E-state index >= 15 is 0 Å². The molecule has 0 saturated carbocycles. The largest absolute Gasteiger partial charge is 0.381 e. The van der Waals surface area contributed by atoms with Gasteiger partial charge in [-0.1, -0.05) is 13.0 Å². The van der Waals surface area contributed by atoms with Gasteiger partial charge in [0, 0.05) is 51.1 Å². The SMILES string of the molecule is CC1CCN(c2cc(C3(NCCN4CCCC4)CCOCC3)ccc2NC(=O)c2cc(C#N)c[nH]2)CC1. The lowest BCUT2D eigenvalue weighted by atomic mass is 9.82. The zero-order valence-corrected chi connectivity index (χ0v) is 22.0. The molecule has 0 bridgehead atoms. The van der Waals surface area contributed by atoms with Gasteiger partial charge in [0.15, 0.2) is 0 Å². The first-order valence-electron chi connectivity index (χ1n) is 13.9. The third-order valence-electron chi connectivity index (χ3n) is 8.42. The van der Waals surface area contributed by atoms with Crippen LogP contribution in [0.3, 0.4) is 0 Å². The number of anilines is 2. The number of nitriles is 1. The van der Waals surface area contributed by atoms with E-state index in [9.17, 15) is 4.79 Å². The number of carbonyl (C=O) groups is 1. The lowest BCUT2D eigenvalue weighted by Crippen LogP contribution is -2.49. The first-order chi connectivity index (χ1) is 18.1. The lowest BCUT2D eigenvalue weighted by Gasteiger charge is -2.41. The maximum absolute atomic E-state index is 13.0. The number of benzene rings is 1. The summed E-state index contributed by atoms with van der Waals surface area (Å²) in [5.74, 6) is 0.486. The topological polar surface area (TPSA) is 96.4 Å². The number of nitrogens with zero attached hydrogens (tertiary/aromatic N) is 3. The Bertz CT molecular complexity index is 1100. The van der Waals surface area contributed by atoms with Gasteiger partial charge in [0.1, 0.15) is 11.8 Å². The predicted octanol–water partition coefficient (Wildman–Crippen LogP) is 4.07. The summed E-state index contributed by atoms with van der Waals surface area (Å²) in [6, 6.07) is 10.2. The Kier molecular flexibility index (Phi) is 8.14. The van der Waals surface area contributed by atoms with Gasteiger partial charge in [0.25, 0.3) is 5.91 Å². The van der Waals surface area contributed by atoms with Crippen LogP contribution in [0.25, 0.3) is 0 Å². The fraction of sp³-hybridized carbons (Fsp3) is 0.586. The van der Waals surface area contributed by atoms with Crippen molar-refractivity contribution in [2.24, 2.45) is 5.92 Å². The van der Waals surface area contributed by atoms with Gasteiger partial charge in [0.05, 0.1) is 16.9 Å². The van der Waals surface area contributed by atoms with Crippen molar-refractivity contribution in [3.63, 3.8) is 0 Å². The number of H-pyrrole nitrogens is 1. The van der Waals surface area contributed by atoms with Crippen molar-refractivity contribution < 1.29 is 9.53 Å². The lowest BCUT2D eigenvalue weighted by molar-refractivity contribution is 0.0358. The molecule has 0 aliphatic carbocycles. The normalized spacial score (nSPS) is 20.6. The van der Waals surface area contributed by atoms with E-state index in [1.165, 1.54) is 31.5 Å². The van der Waals surface area contributed by atoms with Gasteiger partial charge in [-0.25, -0.2) is 0 Å². The summed E-state index contributed by atoms with van der Waals surface area (Å²) in [6.07, 6.45) is 8.35. The van der Waals surface area contributed by atoms with E-state index in [2.05, 4.69) is 56.6 Å². The second kappa shape index (κ2) is 11.7. The molecule has 0 spiro atoms. The minimum absolute atomic E-state index is 0.126. The number of piperidine rings is 1. The molecule has 3 fully saturated rings. The highest BCUT2D eigenvalue weighted by Crippen LogP contribution is 2.38. The minimum atomic E-state index is -0.231. The maximum atomic E-state index is 13.0. The van der Waals surface area contributed by atoms with Crippen molar-refractivity contribution in [1.82, 2.24) is 15.2 Å². The monoisotopic (exact) mass is 504 g/mol. The molecule has 37 heavy (non-hydrogen) atoms. The molecule has 5 rings (SSSR count). The van der Waals surface area contributed by atoms with Crippen molar-refractivity contribution >= 4 is 17.3 Å². The number of amides is 1. The summed E-state index contributed by atoms with van der Waals surface area (Å²) in [6.45, 7) is 10.2. The molecule has 198 valence electrons. The third-order valence-corrected chi connectivity index (χ3v) is 8.42. The molecule has 3 N–H and O–H groups in total. The Morgan fingerprint density at radius 3 is 2.62 bits per heavy atom. The van der Waals surface area contributed by atoms with Crippen LogP contribution < -0.4 is 15.5 Å². The standard InChI is InChI=1S/C29H40N6O2/c1-22-6-13-35(14-7-22)27-19-24(4-5-25(27)33-28(36)26-18-23(20-30)21-31-26)29(8-16-37-17-9-29)32-10-15-34-11-2-3-12-34/h4-5,18-19,21-22,31-32H,2-3,6-17H2,1H3,(H,33,36). The van der Waals surface area contributed by atoms with Gasteiger partial charge in [-0.3, -0.25) is 4.79 Å². The van der Waals surface area contributed by atoms with Gasteiger partial charge in [-0.2, -0.15) is 5.26 Å². The number of hydrogen-bond donors (Lipinski definition) is 3. The van der Waals surface area contributed by atoms with Crippen LogP contribution in [0.5, 0.6) is 0 Å². The molecular formula is C29H40N6O2. The Morgan fingerprint density at radius 2 is 1.92 bits per heavy atom. The van der Waals surface area contributed by atoms with Crippen LogP contribution in [0.15, 0.2) is 30.5 Å². The molecule has 1 amide bonds. The number of nitrogens with one attached hydrogen (secondary N) is 3. The number of ether oxygens (including phenoxy) is 1. The average molecular weight is 505 g/mol. The number of likely N-dealkylation sites (tertiary alicyclic amines) is 1. The molecule has 3 aliphatic rings. The second-order valence-corrected chi connectivity index (χ2v) is 10.9. The van der Waals surface area contributed by atoms with Crippen molar-refractivity contribution in [3.05, 3.63) is 47.3 Å². The second-order valence-electron chi connectivity index (χ2n) is 10.9. The van der Waals surface area contributed by atoms with Crippen molar-refractivity contribution in [1.29, 1.82) is 5.26 Å². The van der Waals surface area contributed by atoms with Gasteiger partial charge < -0.3 is 30.2 Å². The summed E-state index contributed by atoms with van der Waals surface area (Å²) in [4.78, 5) is 20.9. The van der Waals surface area contributed by atoms with E-state index in [1.54, 1.807) is 12.3 Å². The van der Waals surface area contributed by atoms with Crippen LogP contribution in [0.4, 0.5) is 11.4 Å². The van der Waals surface area contributed by atoms with E-state index in [0.29, 0.717) is 11.3 Å². The van der Waals surface area contributed by atoms with Crippen LogP contribution in [0.2, 0.25) is 0 Å². The maximum Gasteiger partial charge on any atom is 0.272 e. The fourth-order valence-corrected chi connectivity index (χ4v) is 5.97. The minimum Gasteiger partial charge on any atom is -0.381 e. The Balaban J connectivity index is 1.41. The summed E-state index contributed by atoms with van der Waals surface area (Å²) in [5.41, 5.74) is 3.89. The number of carbonyl (C=O) groups excluding carboxylic acids is 1. The molecule has 3 saturated heterocycles. The zero-order valence-electron chi connectivity index (χ0n) is 22.0. The summed E-state index contributed by atoms with van der Waals surface area (Å²) < 4.78 is 5.78. The predicted molar refractivity (Wildman–Crippen MR) is 146 cm³/mol. The number of aromatic nitrogens is 1. The Morgan fingerprint density at radius 1 is 1.16 bits per heavy atom. The quantitative estimate of drug-likeness (QED) is 0.502. The molecule has 0 unspecified atom stereocenters. The van der Waals surface area contributed by atoms with E-state index in [0.717, 1.165) is 82.4 Å². The first kappa shape index (κ1) is 25.8. The smallest absolute Gasteiger partial charge is 0.272 e. The highest BCUT2D eigenvalue weighted by Gasteiger charge is 2.35. The molecule has 4 heterocycles. The summed E-state index contributed by atoms with van der Waals surface area (Å²) in [5, 5.41) is 16.2. The van der Waals surface area contributed by atoms with E-state index in [4.69, 9.17) is 10.00 Å². The highest BCUT2D eigenvalue weighted by molar-refractivity contribution is 6.05. The summed E-state index contributed by atoms with van der Waals surface area (Å²) in [7, 11) is 0. The summed E-state index contributed by atoms with van der Waals surface area (Å²) >= 11 is 0. The van der Waals surface area contributed by atoms with Gasteiger partial charge >= 0.3 is 0 Å². The van der Waals surface area contributed by atoms with Crippen LogP contribution in [0, 0.1) is 17.2 Å². The highest BCUT2D eigenvalue weighted by atomic mass is 16.5. The molecule has 0 radical (unpaired) electrons. The average Bonchev–Trinajstić information content (AvgIpc) is 3.63. The number of rotatable bonds is 8. The molecule has 8 heteroatoms. The van der Waals surface area contributed by atoms with Crippen molar-refractivity contribution in [2.75, 3.05) is 62.7 Å². The Labute approximate surface area is 220 Å². The third kappa shape index (κ3) is 6.01. The van der Waals surface area contributed by atoms with Crippen LogP contribution in [-0.4, -0.2) is 68.3 Å². The molecular weight excluding hydrogens is 464 g/mol. The first-order valence-corrected chi connectivity index (χ1v) is 13.9. The van der Waals surface area contributed by atoms with Crippen LogP contribution >= 0.6 is 0 Å². The zero-order chi connectivity index (χ0) is 25.7. The van der Waals surface area contributed by atoms with Crippen LogP contribution in [-0.2, 0) is 10.3 Å². The van der Waals surface area contributed by atoms with Crippen molar-refractivity contribution in [3.8, 4) is 6.07 Å². The van der Waals surface area contributed by atoms with Crippen molar-refractivity contribution in [2.45, 2.75) is 51.0 Å². The van der Waals surface area contributed by atoms with E-state index in [-0.39, 0.29) is 11.4 Å². The molecule has 8 nitrogen and oxygen atoms in total. The van der Waals surface area contributed by atoms with Gasteiger partial charge in [-0.05, 0) is 81.3 Å². The number of aromatic amines is 1. The van der Waals surface area contributed by atoms with Gasteiger partial charge in [0.2, 0.25) is 0 Å². The molecule has 1 aromatic heterocycles. The Hall–Kier alpha value is -2.86. The molecule has 2 aromatic rings. The molecule has 0 atom stereocenters. The fourth-order valence-electron chi connectivity index (χ4n) is 5.97. The molecule has 3 aliphatic heterocycles. The van der Waals surface area contributed by atoms with Crippen LogP contribution in [0.1, 0.15) is 67.1 Å². The van der Waals surface area contributed by atoms with E-state index < -0.39 is 0 Å².